The maximum Gasteiger partial charge on any atom is 0.0601 e. The lowest BCUT2D eigenvalue weighted by Gasteiger charge is -2.39. The molecule has 1 N–H and O–H groups in total. The second-order valence-corrected chi connectivity index (χ2v) is 6.37. The largest absolute Gasteiger partial charge is 0.381 e. The Bertz CT molecular complexity index is 249. The maximum absolute atomic E-state index is 5.46. The van der Waals surface area contributed by atoms with Crippen molar-refractivity contribution in [1.82, 2.24) is 10.2 Å². The van der Waals surface area contributed by atoms with Crippen molar-refractivity contribution in [3.05, 3.63) is 0 Å². The molecule has 0 aromatic rings. The first-order valence-corrected chi connectivity index (χ1v) is 7.77. The molecule has 1 saturated carbocycles. The average Bonchev–Trinajstić information content (AvgIpc) is 2.36. The fraction of sp³-hybridized carbons (Fsp3) is 1.00. The van der Waals surface area contributed by atoms with Gasteiger partial charge in [0.1, 0.15) is 0 Å². The highest BCUT2D eigenvalue weighted by atomic mass is 16.5. The number of nitrogens with zero attached hydrogens (tertiary/aromatic N) is 1. The number of methoxy groups -OCH3 is 1. The first kappa shape index (κ1) is 15.2. The number of morpholine rings is 1. The Hall–Kier alpha value is -0.160. The summed E-state index contributed by atoms with van der Waals surface area (Å²) in [6, 6.07) is 1.33. The molecule has 1 saturated heterocycles. The highest BCUT2D eigenvalue weighted by Gasteiger charge is 2.30. The molecule has 2 fully saturated rings. The van der Waals surface area contributed by atoms with E-state index in [1.807, 2.05) is 7.11 Å². The van der Waals surface area contributed by atoms with Crippen LogP contribution in [0.2, 0.25) is 0 Å². The van der Waals surface area contributed by atoms with Gasteiger partial charge in [0, 0.05) is 38.8 Å². The molecule has 1 heterocycles. The average molecular weight is 270 g/mol. The zero-order valence-electron chi connectivity index (χ0n) is 12.7. The third-order valence-corrected chi connectivity index (χ3v) is 4.38. The summed E-state index contributed by atoms with van der Waals surface area (Å²) in [7, 11) is 1.82. The summed E-state index contributed by atoms with van der Waals surface area (Å²) in [6.45, 7) is 9.71. The van der Waals surface area contributed by atoms with Crippen molar-refractivity contribution < 1.29 is 9.47 Å². The number of ether oxygens (including phenoxy) is 2. The van der Waals surface area contributed by atoms with Crippen molar-refractivity contribution in [1.29, 1.82) is 0 Å². The van der Waals surface area contributed by atoms with Crippen molar-refractivity contribution in [2.24, 2.45) is 5.92 Å². The normalized spacial score (nSPS) is 30.3. The van der Waals surface area contributed by atoms with Crippen LogP contribution in [0.3, 0.4) is 0 Å². The summed E-state index contributed by atoms with van der Waals surface area (Å²) in [4.78, 5) is 2.60. The Morgan fingerprint density at radius 1 is 1.26 bits per heavy atom. The number of rotatable bonds is 7. The van der Waals surface area contributed by atoms with Gasteiger partial charge in [-0.15, -0.1) is 0 Å². The van der Waals surface area contributed by atoms with Crippen LogP contribution >= 0.6 is 0 Å². The SMILES string of the molecule is COC1CC(NCC(CC(C)C)N2CCOCC2)C1. The van der Waals surface area contributed by atoms with E-state index in [2.05, 4.69) is 24.1 Å². The Kier molecular flexibility index (Phi) is 6.07. The van der Waals surface area contributed by atoms with Crippen LogP contribution in [0.15, 0.2) is 0 Å². The summed E-state index contributed by atoms with van der Waals surface area (Å²) >= 11 is 0. The van der Waals surface area contributed by atoms with Gasteiger partial charge >= 0.3 is 0 Å². The molecule has 19 heavy (non-hydrogen) atoms. The zero-order valence-corrected chi connectivity index (χ0v) is 12.7. The molecule has 1 aliphatic heterocycles. The summed E-state index contributed by atoms with van der Waals surface area (Å²) in [5, 5.41) is 3.72. The zero-order chi connectivity index (χ0) is 13.7. The van der Waals surface area contributed by atoms with Crippen LogP contribution in [-0.4, -0.2) is 63.0 Å². The molecule has 0 aromatic heterocycles. The van der Waals surface area contributed by atoms with Crippen molar-refractivity contribution >= 4 is 0 Å². The van der Waals surface area contributed by atoms with E-state index in [4.69, 9.17) is 9.47 Å². The summed E-state index contributed by atoms with van der Waals surface area (Å²) in [6.07, 6.45) is 4.11. The van der Waals surface area contributed by atoms with Crippen LogP contribution in [0.1, 0.15) is 33.1 Å². The smallest absolute Gasteiger partial charge is 0.0601 e. The van der Waals surface area contributed by atoms with E-state index >= 15 is 0 Å². The monoisotopic (exact) mass is 270 g/mol. The quantitative estimate of drug-likeness (QED) is 0.760. The Morgan fingerprint density at radius 3 is 2.53 bits per heavy atom. The highest BCUT2D eigenvalue weighted by molar-refractivity contribution is 4.88. The van der Waals surface area contributed by atoms with E-state index in [1.54, 1.807) is 0 Å². The van der Waals surface area contributed by atoms with Gasteiger partial charge in [-0.3, -0.25) is 4.90 Å². The standard InChI is InChI=1S/C15H30N2O2/c1-12(2)8-14(17-4-6-19-7-5-17)11-16-13-9-15(10-13)18-3/h12-16H,4-11H2,1-3H3. The van der Waals surface area contributed by atoms with Gasteiger partial charge in [0.15, 0.2) is 0 Å². The van der Waals surface area contributed by atoms with E-state index in [9.17, 15) is 0 Å². The molecule has 0 bridgehead atoms. The van der Waals surface area contributed by atoms with E-state index in [1.165, 1.54) is 19.3 Å². The van der Waals surface area contributed by atoms with Crippen LogP contribution in [-0.2, 0) is 9.47 Å². The van der Waals surface area contributed by atoms with Gasteiger partial charge < -0.3 is 14.8 Å². The van der Waals surface area contributed by atoms with E-state index < -0.39 is 0 Å². The molecule has 0 aromatic carbocycles. The van der Waals surface area contributed by atoms with Crippen molar-refractivity contribution in [2.75, 3.05) is 40.0 Å². The number of hydrogen-bond donors (Lipinski definition) is 1. The summed E-state index contributed by atoms with van der Waals surface area (Å²) < 4.78 is 10.8. The molecule has 2 rings (SSSR count). The fourth-order valence-corrected chi connectivity index (χ4v) is 3.08. The Balaban J connectivity index is 1.73. The topological polar surface area (TPSA) is 33.7 Å². The van der Waals surface area contributed by atoms with Gasteiger partial charge in [-0.1, -0.05) is 13.8 Å². The lowest BCUT2D eigenvalue weighted by Crippen LogP contribution is -2.53. The van der Waals surface area contributed by atoms with Crippen LogP contribution in [0, 0.1) is 5.92 Å². The summed E-state index contributed by atoms with van der Waals surface area (Å²) in [5.41, 5.74) is 0. The van der Waals surface area contributed by atoms with Gasteiger partial charge in [0.25, 0.3) is 0 Å². The number of hydrogen-bond acceptors (Lipinski definition) is 4. The fourth-order valence-electron chi connectivity index (χ4n) is 3.08. The minimum absolute atomic E-state index is 0.490. The molecular formula is C15H30N2O2. The Labute approximate surface area is 117 Å². The second kappa shape index (κ2) is 7.58. The lowest BCUT2D eigenvalue weighted by atomic mass is 9.89. The maximum atomic E-state index is 5.46. The first-order chi connectivity index (χ1) is 9.19. The molecule has 0 amide bonds. The third kappa shape index (κ3) is 4.71. The van der Waals surface area contributed by atoms with Crippen LogP contribution in [0.5, 0.6) is 0 Å². The van der Waals surface area contributed by atoms with E-state index in [-0.39, 0.29) is 0 Å². The predicted octanol–water partition coefficient (Wildman–Crippen LogP) is 1.50. The van der Waals surface area contributed by atoms with Crippen LogP contribution in [0.4, 0.5) is 0 Å². The van der Waals surface area contributed by atoms with Crippen LogP contribution in [0.25, 0.3) is 0 Å². The minimum atomic E-state index is 0.490. The highest BCUT2D eigenvalue weighted by Crippen LogP contribution is 2.23. The molecule has 1 atom stereocenters. The van der Waals surface area contributed by atoms with Gasteiger partial charge in [-0.2, -0.15) is 0 Å². The lowest BCUT2D eigenvalue weighted by molar-refractivity contribution is 0.000510. The second-order valence-electron chi connectivity index (χ2n) is 6.37. The molecule has 112 valence electrons. The number of nitrogens with one attached hydrogen (secondary N) is 1. The van der Waals surface area contributed by atoms with Gasteiger partial charge in [-0.05, 0) is 25.2 Å². The minimum Gasteiger partial charge on any atom is -0.381 e. The van der Waals surface area contributed by atoms with E-state index in [0.717, 1.165) is 38.8 Å². The van der Waals surface area contributed by atoms with Crippen LogP contribution < -0.4 is 5.32 Å². The predicted molar refractivity (Wildman–Crippen MR) is 77.5 cm³/mol. The van der Waals surface area contributed by atoms with Gasteiger partial charge in [-0.25, -0.2) is 0 Å². The van der Waals surface area contributed by atoms with Gasteiger partial charge in [0.05, 0.1) is 19.3 Å². The molecule has 2 aliphatic rings. The van der Waals surface area contributed by atoms with Crippen molar-refractivity contribution in [2.45, 2.75) is 51.3 Å². The van der Waals surface area contributed by atoms with Crippen molar-refractivity contribution in [3.63, 3.8) is 0 Å². The third-order valence-electron chi connectivity index (χ3n) is 4.38. The summed E-state index contributed by atoms with van der Waals surface area (Å²) in [5.74, 6) is 0.753. The van der Waals surface area contributed by atoms with Crippen molar-refractivity contribution in [3.8, 4) is 0 Å². The molecule has 4 heteroatoms. The molecule has 0 radical (unpaired) electrons. The Morgan fingerprint density at radius 2 is 1.95 bits per heavy atom. The first-order valence-electron chi connectivity index (χ1n) is 7.77. The van der Waals surface area contributed by atoms with Gasteiger partial charge in [0.2, 0.25) is 0 Å². The molecule has 1 unspecified atom stereocenters. The molecule has 0 spiro atoms. The molecular weight excluding hydrogens is 240 g/mol. The molecule has 4 nitrogen and oxygen atoms in total. The molecule has 1 aliphatic carbocycles. The van der Waals surface area contributed by atoms with E-state index in [0.29, 0.717) is 18.2 Å².